The molecule has 1 aliphatic heterocycles. The maximum absolute atomic E-state index is 12.0. The molecule has 0 spiro atoms. The highest BCUT2D eigenvalue weighted by Crippen LogP contribution is 2.15. The maximum atomic E-state index is 12.0. The van der Waals surface area contributed by atoms with E-state index in [1.54, 1.807) is 11.8 Å². The molecule has 0 radical (unpaired) electrons. The molecular weight excluding hydrogens is 232 g/mol. The number of hydrogen-bond donors (Lipinski definition) is 3. The SMILES string of the molecule is CC(C(=O)Nc1ccccc1)N1C[C@@H](O)[C@@H](O)C1. The Hall–Kier alpha value is -1.43. The van der Waals surface area contributed by atoms with Gasteiger partial charge >= 0.3 is 0 Å². The van der Waals surface area contributed by atoms with Gasteiger partial charge in [0.2, 0.25) is 5.91 Å². The lowest BCUT2D eigenvalue weighted by Crippen LogP contribution is -2.41. The largest absolute Gasteiger partial charge is 0.389 e. The van der Waals surface area contributed by atoms with Crippen LogP contribution in [0.25, 0.3) is 0 Å². The van der Waals surface area contributed by atoms with E-state index < -0.39 is 12.2 Å². The molecule has 1 fully saturated rings. The van der Waals surface area contributed by atoms with Gasteiger partial charge in [0.25, 0.3) is 0 Å². The zero-order valence-electron chi connectivity index (χ0n) is 10.3. The highest BCUT2D eigenvalue weighted by molar-refractivity contribution is 5.94. The second-order valence-electron chi connectivity index (χ2n) is 4.62. The van der Waals surface area contributed by atoms with Gasteiger partial charge in [0, 0.05) is 18.8 Å². The lowest BCUT2D eigenvalue weighted by Gasteiger charge is -2.22. The summed E-state index contributed by atoms with van der Waals surface area (Å²) >= 11 is 0. The van der Waals surface area contributed by atoms with Gasteiger partial charge in [-0.05, 0) is 19.1 Å². The van der Waals surface area contributed by atoms with E-state index in [-0.39, 0.29) is 11.9 Å². The second kappa shape index (κ2) is 5.48. The Labute approximate surface area is 106 Å². The standard InChI is InChI=1S/C13H18N2O3/c1-9(15-7-11(16)12(17)8-15)13(18)14-10-5-3-2-4-6-10/h2-6,9,11-12,16-17H,7-8H2,1H3,(H,14,18)/t9?,11-,12+. The molecule has 0 saturated carbocycles. The van der Waals surface area contributed by atoms with Gasteiger partial charge in [0.1, 0.15) is 0 Å². The van der Waals surface area contributed by atoms with Crippen LogP contribution in [0.4, 0.5) is 5.69 Å². The Morgan fingerprint density at radius 1 is 1.28 bits per heavy atom. The molecule has 0 aromatic heterocycles. The molecule has 2 rings (SSSR count). The third kappa shape index (κ3) is 2.87. The first kappa shape index (κ1) is 13.0. The first-order chi connectivity index (χ1) is 8.58. The number of amides is 1. The lowest BCUT2D eigenvalue weighted by atomic mass is 10.2. The van der Waals surface area contributed by atoms with Gasteiger partial charge in [-0.3, -0.25) is 9.69 Å². The van der Waals surface area contributed by atoms with Crippen molar-refractivity contribution < 1.29 is 15.0 Å². The van der Waals surface area contributed by atoms with Crippen LogP contribution in [-0.2, 0) is 4.79 Å². The number of hydrogen-bond acceptors (Lipinski definition) is 4. The van der Waals surface area contributed by atoms with Crippen molar-refractivity contribution in [2.75, 3.05) is 18.4 Å². The predicted molar refractivity (Wildman–Crippen MR) is 68.1 cm³/mol. The van der Waals surface area contributed by atoms with Gasteiger partial charge < -0.3 is 15.5 Å². The highest BCUT2D eigenvalue weighted by Gasteiger charge is 2.34. The number of carbonyl (C=O) groups is 1. The van der Waals surface area contributed by atoms with Crippen molar-refractivity contribution in [1.29, 1.82) is 0 Å². The molecule has 1 aromatic rings. The summed E-state index contributed by atoms with van der Waals surface area (Å²) in [4.78, 5) is 13.8. The smallest absolute Gasteiger partial charge is 0.241 e. The van der Waals surface area contributed by atoms with Crippen molar-refractivity contribution in [3.8, 4) is 0 Å². The van der Waals surface area contributed by atoms with Crippen LogP contribution in [0, 0.1) is 0 Å². The van der Waals surface area contributed by atoms with E-state index in [4.69, 9.17) is 0 Å². The van der Waals surface area contributed by atoms with Crippen molar-refractivity contribution in [1.82, 2.24) is 4.90 Å². The zero-order chi connectivity index (χ0) is 13.1. The van der Waals surface area contributed by atoms with E-state index in [1.807, 2.05) is 30.3 Å². The normalized spacial score (nSPS) is 25.9. The molecule has 3 atom stereocenters. The molecule has 18 heavy (non-hydrogen) atoms. The van der Waals surface area contributed by atoms with Gasteiger partial charge in [-0.1, -0.05) is 18.2 Å². The van der Waals surface area contributed by atoms with Crippen molar-refractivity contribution >= 4 is 11.6 Å². The molecule has 1 heterocycles. The van der Waals surface area contributed by atoms with Crippen LogP contribution >= 0.6 is 0 Å². The zero-order valence-corrected chi connectivity index (χ0v) is 10.3. The van der Waals surface area contributed by atoms with E-state index in [2.05, 4.69) is 5.32 Å². The maximum Gasteiger partial charge on any atom is 0.241 e. The fraction of sp³-hybridized carbons (Fsp3) is 0.462. The van der Waals surface area contributed by atoms with Gasteiger partial charge in [-0.25, -0.2) is 0 Å². The van der Waals surface area contributed by atoms with Gasteiger partial charge in [0.15, 0.2) is 0 Å². The third-order valence-corrected chi connectivity index (χ3v) is 3.26. The average Bonchev–Trinajstić information content (AvgIpc) is 2.70. The van der Waals surface area contributed by atoms with Crippen molar-refractivity contribution in [2.45, 2.75) is 25.2 Å². The Bertz CT molecular complexity index is 400. The summed E-state index contributed by atoms with van der Waals surface area (Å²) in [6.07, 6.45) is -1.53. The molecule has 1 amide bonds. The van der Waals surface area contributed by atoms with Crippen molar-refractivity contribution in [3.05, 3.63) is 30.3 Å². The number of β-amino-alcohol motifs (C(OH)–C–C–N with tert-alkyl or cyclic N) is 2. The molecule has 1 saturated heterocycles. The van der Waals surface area contributed by atoms with Crippen LogP contribution in [0.5, 0.6) is 0 Å². The third-order valence-electron chi connectivity index (χ3n) is 3.26. The number of aliphatic hydroxyl groups excluding tert-OH is 2. The minimum atomic E-state index is -0.767. The Morgan fingerprint density at radius 2 is 1.83 bits per heavy atom. The summed E-state index contributed by atoms with van der Waals surface area (Å²) in [5.41, 5.74) is 0.745. The second-order valence-corrected chi connectivity index (χ2v) is 4.62. The Morgan fingerprint density at radius 3 is 2.39 bits per heavy atom. The van der Waals surface area contributed by atoms with Crippen LogP contribution in [0.3, 0.4) is 0 Å². The molecule has 0 aliphatic carbocycles. The summed E-state index contributed by atoms with van der Waals surface area (Å²) in [6.45, 7) is 2.41. The van der Waals surface area contributed by atoms with Crippen LogP contribution in [0.1, 0.15) is 6.92 Å². The highest BCUT2D eigenvalue weighted by atomic mass is 16.3. The molecule has 1 unspecified atom stereocenters. The van der Waals surface area contributed by atoms with E-state index in [0.717, 1.165) is 5.69 Å². The number of nitrogens with one attached hydrogen (secondary N) is 1. The van der Waals surface area contributed by atoms with Crippen LogP contribution in [0.15, 0.2) is 30.3 Å². The monoisotopic (exact) mass is 250 g/mol. The number of nitrogens with zero attached hydrogens (tertiary/aromatic N) is 1. The molecule has 98 valence electrons. The number of benzene rings is 1. The number of likely N-dealkylation sites (tertiary alicyclic amines) is 1. The summed E-state index contributed by atoms with van der Waals surface area (Å²) in [5, 5.41) is 21.7. The van der Waals surface area contributed by atoms with E-state index in [9.17, 15) is 15.0 Å². The summed E-state index contributed by atoms with van der Waals surface area (Å²) in [6, 6.07) is 8.84. The molecular formula is C13H18N2O3. The van der Waals surface area contributed by atoms with Crippen LogP contribution in [0.2, 0.25) is 0 Å². The van der Waals surface area contributed by atoms with Crippen LogP contribution < -0.4 is 5.32 Å². The quantitative estimate of drug-likeness (QED) is 0.709. The molecule has 0 bridgehead atoms. The fourth-order valence-electron chi connectivity index (χ4n) is 2.05. The fourth-order valence-corrected chi connectivity index (χ4v) is 2.05. The number of para-hydroxylation sites is 1. The van der Waals surface area contributed by atoms with Crippen LogP contribution in [-0.4, -0.2) is 52.4 Å². The van der Waals surface area contributed by atoms with E-state index in [1.165, 1.54) is 0 Å². The van der Waals surface area contributed by atoms with E-state index in [0.29, 0.717) is 13.1 Å². The lowest BCUT2D eigenvalue weighted by molar-refractivity contribution is -0.120. The average molecular weight is 250 g/mol. The number of anilines is 1. The number of rotatable bonds is 3. The topological polar surface area (TPSA) is 72.8 Å². The summed E-state index contributed by atoms with van der Waals surface area (Å²) < 4.78 is 0. The van der Waals surface area contributed by atoms with Gasteiger partial charge in [0.05, 0.1) is 18.2 Å². The number of carbonyl (C=O) groups excluding carboxylic acids is 1. The summed E-state index contributed by atoms with van der Waals surface area (Å²) in [5.74, 6) is -0.137. The molecule has 1 aromatic carbocycles. The Kier molecular flexibility index (Phi) is 3.96. The van der Waals surface area contributed by atoms with E-state index >= 15 is 0 Å². The molecule has 3 N–H and O–H groups in total. The predicted octanol–water partition coefficient (Wildman–Crippen LogP) is 0.0510. The van der Waals surface area contributed by atoms with Crippen molar-refractivity contribution in [2.24, 2.45) is 0 Å². The van der Waals surface area contributed by atoms with Gasteiger partial charge in [-0.15, -0.1) is 0 Å². The minimum Gasteiger partial charge on any atom is -0.389 e. The Balaban J connectivity index is 1.93. The van der Waals surface area contributed by atoms with Crippen molar-refractivity contribution in [3.63, 3.8) is 0 Å². The minimum absolute atomic E-state index is 0.137. The first-order valence-electron chi connectivity index (χ1n) is 6.04. The first-order valence-corrected chi connectivity index (χ1v) is 6.04. The summed E-state index contributed by atoms with van der Waals surface area (Å²) in [7, 11) is 0. The molecule has 1 aliphatic rings. The molecule has 5 nitrogen and oxygen atoms in total. The molecule has 5 heteroatoms. The number of aliphatic hydroxyl groups is 2. The van der Waals surface area contributed by atoms with Gasteiger partial charge in [-0.2, -0.15) is 0 Å².